The number of aryl methyl sites for hydroxylation is 1. The maximum atomic E-state index is 5.58. The summed E-state index contributed by atoms with van der Waals surface area (Å²) in [7, 11) is 0. The zero-order valence-electron chi connectivity index (χ0n) is 8.06. The van der Waals surface area contributed by atoms with Crippen molar-refractivity contribution in [3.05, 3.63) is 30.4 Å². The predicted octanol–water partition coefficient (Wildman–Crippen LogP) is 2.30. The zero-order valence-corrected chi connectivity index (χ0v) is 8.81. The van der Waals surface area contributed by atoms with Crippen molar-refractivity contribution in [2.24, 2.45) is 0 Å². The highest BCUT2D eigenvalue weighted by molar-refractivity contribution is 6.17. The number of alkyl halides is 1. The number of pyridine rings is 1. The van der Waals surface area contributed by atoms with Gasteiger partial charge in [0.15, 0.2) is 0 Å². The average Bonchev–Trinajstić information content (AvgIpc) is 2.76. The lowest BCUT2D eigenvalue weighted by molar-refractivity contribution is 0.502. The maximum Gasteiger partial charge on any atom is 0.249 e. The largest absolute Gasteiger partial charge is 0.421 e. The van der Waals surface area contributed by atoms with Crippen molar-refractivity contribution in [1.82, 2.24) is 15.2 Å². The van der Waals surface area contributed by atoms with Crippen molar-refractivity contribution in [3.63, 3.8) is 0 Å². The molecule has 0 saturated heterocycles. The fraction of sp³-hybridized carbons (Fsp3) is 0.300. The van der Waals surface area contributed by atoms with Gasteiger partial charge in [-0.2, -0.15) is 0 Å². The summed E-state index contributed by atoms with van der Waals surface area (Å²) in [5, 5.41) is 7.87. The van der Waals surface area contributed by atoms with Crippen molar-refractivity contribution in [3.8, 4) is 11.5 Å². The van der Waals surface area contributed by atoms with Gasteiger partial charge in [0.1, 0.15) is 0 Å². The van der Waals surface area contributed by atoms with E-state index < -0.39 is 0 Å². The van der Waals surface area contributed by atoms with Crippen LogP contribution in [-0.2, 0) is 6.42 Å². The first-order chi connectivity index (χ1) is 7.40. The van der Waals surface area contributed by atoms with Crippen molar-refractivity contribution >= 4 is 11.6 Å². The molecule has 5 heteroatoms. The molecule has 0 aliphatic carbocycles. The molecule has 4 nitrogen and oxygen atoms in total. The summed E-state index contributed by atoms with van der Waals surface area (Å²) in [4.78, 5) is 3.98. The Morgan fingerprint density at radius 1 is 1.33 bits per heavy atom. The van der Waals surface area contributed by atoms with E-state index in [-0.39, 0.29) is 0 Å². The standard InChI is InChI=1S/C10H10ClN3O/c11-5-1-4-9-13-14-10(15-9)8-3-2-6-12-7-8/h2-3,6-7H,1,4-5H2. The quantitative estimate of drug-likeness (QED) is 0.747. The molecule has 0 fully saturated rings. The molecule has 2 aromatic heterocycles. The highest BCUT2D eigenvalue weighted by atomic mass is 35.5. The van der Waals surface area contributed by atoms with Crippen LogP contribution in [0.5, 0.6) is 0 Å². The fourth-order valence-electron chi connectivity index (χ4n) is 1.18. The number of rotatable bonds is 4. The third-order valence-electron chi connectivity index (χ3n) is 1.90. The second-order valence-corrected chi connectivity index (χ2v) is 3.41. The molecule has 2 rings (SSSR count). The molecule has 78 valence electrons. The molecule has 0 radical (unpaired) electrons. The van der Waals surface area contributed by atoms with Crippen molar-refractivity contribution in [1.29, 1.82) is 0 Å². The van der Waals surface area contributed by atoms with E-state index in [0.29, 0.717) is 17.7 Å². The minimum atomic E-state index is 0.507. The van der Waals surface area contributed by atoms with Gasteiger partial charge in [0, 0.05) is 24.7 Å². The van der Waals surface area contributed by atoms with Gasteiger partial charge in [0.2, 0.25) is 11.8 Å². The Kier molecular flexibility index (Phi) is 3.29. The third kappa shape index (κ3) is 2.53. The van der Waals surface area contributed by atoms with Crippen LogP contribution >= 0.6 is 11.6 Å². The Morgan fingerprint density at radius 3 is 3.00 bits per heavy atom. The molecule has 15 heavy (non-hydrogen) atoms. The van der Waals surface area contributed by atoms with E-state index in [1.807, 2.05) is 12.1 Å². The molecule has 0 N–H and O–H groups in total. The molecule has 2 heterocycles. The summed E-state index contributed by atoms with van der Waals surface area (Å²) in [5.41, 5.74) is 0.835. The van der Waals surface area contributed by atoms with Crippen LogP contribution in [0.2, 0.25) is 0 Å². The Labute approximate surface area is 92.3 Å². The lowest BCUT2D eigenvalue weighted by atomic mass is 10.3. The molecule has 0 aromatic carbocycles. The molecule has 0 aliphatic heterocycles. The van der Waals surface area contributed by atoms with Crippen LogP contribution < -0.4 is 0 Å². The van der Waals surface area contributed by atoms with Gasteiger partial charge in [0.25, 0.3) is 0 Å². The van der Waals surface area contributed by atoms with Crippen molar-refractivity contribution in [2.45, 2.75) is 12.8 Å². The summed E-state index contributed by atoms with van der Waals surface area (Å²) in [6, 6.07) is 3.71. The van der Waals surface area contributed by atoms with Gasteiger partial charge < -0.3 is 4.42 Å². The fourth-order valence-corrected chi connectivity index (χ4v) is 1.31. The van der Waals surface area contributed by atoms with Crippen LogP contribution in [0.25, 0.3) is 11.5 Å². The van der Waals surface area contributed by atoms with E-state index in [0.717, 1.165) is 18.4 Å². The summed E-state index contributed by atoms with van der Waals surface area (Å²) in [6.45, 7) is 0. The minimum Gasteiger partial charge on any atom is -0.421 e. The molecule has 0 bridgehead atoms. The van der Waals surface area contributed by atoms with Crippen LogP contribution in [0.15, 0.2) is 28.9 Å². The SMILES string of the molecule is ClCCCc1nnc(-c2cccnc2)o1. The van der Waals surface area contributed by atoms with E-state index in [1.165, 1.54) is 0 Å². The second kappa shape index (κ2) is 4.89. The molecule has 0 saturated carbocycles. The van der Waals surface area contributed by atoms with Gasteiger partial charge in [0.05, 0.1) is 5.56 Å². The summed E-state index contributed by atoms with van der Waals surface area (Å²) in [5.74, 6) is 1.73. The lowest BCUT2D eigenvalue weighted by Gasteiger charge is -1.91. The van der Waals surface area contributed by atoms with E-state index in [1.54, 1.807) is 12.4 Å². The highest BCUT2D eigenvalue weighted by Crippen LogP contribution is 2.16. The molecule has 0 atom stereocenters. The topological polar surface area (TPSA) is 51.8 Å². The van der Waals surface area contributed by atoms with Gasteiger partial charge in [-0.1, -0.05) is 0 Å². The van der Waals surface area contributed by atoms with E-state index in [2.05, 4.69) is 15.2 Å². The normalized spacial score (nSPS) is 10.5. The van der Waals surface area contributed by atoms with Crippen LogP contribution in [0.4, 0.5) is 0 Å². The molecule has 0 aliphatic rings. The summed E-state index contributed by atoms with van der Waals surface area (Å²) in [6.07, 6.45) is 4.96. The lowest BCUT2D eigenvalue weighted by Crippen LogP contribution is -1.85. The first-order valence-corrected chi connectivity index (χ1v) is 5.22. The minimum absolute atomic E-state index is 0.507. The van der Waals surface area contributed by atoms with Crippen molar-refractivity contribution < 1.29 is 4.42 Å². The smallest absolute Gasteiger partial charge is 0.249 e. The predicted molar refractivity (Wildman–Crippen MR) is 56.6 cm³/mol. The monoisotopic (exact) mass is 223 g/mol. The first kappa shape index (κ1) is 10.1. The number of hydrogen-bond donors (Lipinski definition) is 0. The molecule has 0 unspecified atom stereocenters. The highest BCUT2D eigenvalue weighted by Gasteiger charge is 2.07. The van der Waals surface area contributed by atoms with Crippen LogP contribution in [0, 0.1) is 0 Å². The molecule has 0 spiro atoms. The van der Waals surface area contributed by atoms with E-state index >= 15 is 0 Å². The van der Waals surface area contributed by atoms with Gasteiger partial charge in [-0.05, 0) is 18.6 Å². The average molecular weight is 224 g/mol. The maximum absolute atomic E-state index is 5.58. The third-order valence-corrected chi connectivity index (χ3v) is 2.17. The zero-order chi connectivity index (χ0) is 10.5. The number of halogens is 1. The molecular formula is C10H10ClN3O. The molecule has 2 aromatic rings. The van der Waals surface area contributed by atoms with Gasteiger partial charge >= 0.3 is 0 Å². The van der Waals surface area contributed by atoms with E-state index in [9.17, 15) is 0 Å². The summed E-state index contributed by atoms with van der Waals surface area (Å²) >= 11 is 5.58. The van der Waals surface area contributed by atoms with Gasteiger partial charge in [-0.3, -0.25) is 4.98 Å². The summed E-state index contributed by atoms with van der Waals surface area (Å²) < 4.78 is 5.45. The van der Waals surface area contributed by atoms with Crippen molar-refractivity contribution in [2.75, 3.05) is 5.88 Å². The van der Waals surface area contributed by atoms with E-state index in [4.69, 9.17) is 16.0 Å². The van der Waals surface area contributed by atoms with Crippen LogP contribution in [-0.4, -0.2) is 21.1 Å². The van der Waals surface area contributed by atoms with Gasteiger partial charge in [-0.15, -0.1) is 21.8 Å². The number of nitrogens with zero attached hydrogens (tertiary/aromatic N) is 3. The Hall–Kier alpha value is -1.42. The molecular weight excluding hydrogens is 214 g/mol. The Bertz CT molecular complexity index is 416. The second-order valence-electron chi connectivity index (χ2n) is 3.04. The van der Waals surface area contributed by atoms with Crippen LogP contribution in [0.3, 0.4) is 0 Å². The number of aromatic nitrogens is 3. The first-order valence-electron chi connectivity index (χ1n) is 4.69. The Balaban J connectivity index is 2.14. The van der Waals surface area contributed by atoms with Crippen LogP contribution in [0.1, 0.15) is 12.3 Å². The van der Waals surface area contributed by atoms with Gasteiger partial charge in [-0.25, -0.2) is 0 Å². The molecule has 0 amide bonds. The number of hydrogen-bond acceptors (Lipinski definition) is 4. The Morgan fingerprint density at radius 2 is 2.27 bits per heavy atom.